The van der Waals surface area contributed by atoms with Gasteiger partial charge >= 0.3 is 0 Å². The van der Waals surface area contributed by atoms with Gasteiger partial charge in [0, 0.05) is 23.4 Å². The highest BCUT2D eigenvalue weighted by Gasteiger charge is 2.16. The average Bonchev–Trinajstić information content (AvgIpc) is 3.22. The number of rotatable bonds is 6. The number of aromatic nitrogens is 2. The molecule has 1 N–H and O–H groups in total. The van der Waals surface area contributed by atoms with Crippen molar-refractivity contribution in [2.75, 3.05) is 26.3 Å². The van der Waals surface area contributed by atoms with Crippen LogP contribution in [0.4, 0.5) is 5.69 Å². The van der Waals surface area contributed by atoms with Gasteiger partial charge in [-0.05, 0) is 36.4 Å². The fourth-order valence-corrected chi connectivity index (χ4v) is 3.03. The average molecular weight is 409 g/mol. The smallest absolute Gasteiger partial charge is 0.267 e. The first-order chi connectivity index (χ1) is 14.6. The van der Waals surface area contributed by atoms with Crippen LogP contribution < -0.4 is 29.8 Å². The van der Waals surface area contributed by atoms with Crippen LogP contribution in [-0.4, -0.2) is 36.7 Å². The molecule has 9 heteroatoms. The van der Waals surface area contributed by atoms with E-state index < -0.39 is 11.5 Å². The Balaban J connectivity index is 1.57. The molecule has 154 valence electrons. The summed E-state index contributed by atoms with van der Waals surface area (Å²) in [5.74, 6) is 1.95. The predicted octanol–water partition coefficient (Wildman–Crippen LogP) is 2.29. The minimum absolute atomic E-state index is 0.145. The number of carbonyl (C=O) groups is 1. The minimum atomic E-state index is -0.404. The van der Waals surface area contributed by atoms with Crippen LogP contribution in [0.15, 0.2) is 53.3 Å². The van der Waals surface area contributed by atoms with Crippen LogP contribution in [0.5, 0.6) is 23.0 Å². The van der Waals surface area contributed by atoms with E-state index in [1.54, 1.807) is 56.7 Å². The maximum absolute atomic E-state index is 12.5. The molecule has 0 unspecified atom stereocenters. The number of methoxy groups -OCH3 is 2. The van der Waals surface area contributed by atoms with E-state index in [2.05, 4.69) is 10.4 Å². The molecule has 0 saturated carbocycles. The summed E-state index contributed by atoms with van der Waals surface area (Å²) in [7, 11) is 3.10. The lowest BCUT2D eigenvalue weighted by Crippen LogP contribution is -2.29. The molecule has 1 aromatic heterocycles. The Kier molecular flexibility index (Phi) is 5.25. The largest absolute Gasteiger partial charge is 0.497 e. The normalized spacial score (nSPS) is 11.8. The second-order valence-corrected chi connectivity index (χ2v) is 6.40. The van der Waals surface area contributed by atoms with Crippen molar-refractivity contribution in [3.63, 3.8) is 0 Å². The van der Waals surface area contributed by atoms with Gasteiger partial charge in [-0.1, -0.05) is 0 Å². The van der Waals surface area contributed by atoms with Gasteiger partial charge in [0.1, 0.15) is 18.0 Å². The number of benzene rings is 2. The molecule has 2 aromatic carbocycles. The van der Waals surface area contributed by atoms with Crippen molar-refractivity contribution in [2.45, 2.75) is 6.54 Å². The lowest BCUT2D eigenvalue weighted by molar-refractivity contribution is -0.117. The molecule has 0 saturated heterocycles. The Morgan fingerprint density at radius 3 is 2.70 bits per heavy atom. The number of carbonyl (C=O) groups excluding carboxylic acids is 1. The number of hydrogen-bond acceptors (Lipinski definition) is 7. The fraction of sp³-hybridized carbons (Fsp3) is 0.190. The molecule has 4 rings (SSSR count). The zero-order valence-electron chi connectivity index (χ0n) is 16.4. The van der Waals surface area contributed by atoms with Gasteiger partial charge < -0.3 is 24.3 Å². The molecule has 1 aliphatic rings. The standard InChI is InChI=1S/C21H19N3O6/c1-27-14-4-7-17(28-2)15(10-14)16-5-8-21(26)24(23-16)11-20(25)22-13-3-6-18-19(9-13)30-12-29-18/h3-10H,11-12H2,1-2H3,(H,22,25). The van der Waals surface area contributed by atoms with E-state index >= 15 is 0 Å². The summed E-state index contributed by atoms with van der Waals surface area (Å²) in [5, 5.41) is 7.06. The van der Waals surface area contributed by atoms with Gasteiger partial charge in [0.05, 0.1) is 19.9 Å². The van der Waals surface area contributed by atoms with E-state index in [1.807, 2.05) is 0 Å². The molecule has 30 heavy (non-hydrogen) atoms. The Labute approximate surface area is 171 Å². The number of ether oxygens (including phenoxy) is 4. The van der Waals surface area contributed by atoms with Crippen LogP contribution in [0.2, 0.25) is 0 Å². The molecule has 2 heterocycles. The molecule has 3 aromatic rings. The van der Waals surface area contributed by atoms with Gasteiger partial charge in [-0.15, -0.1) is 0 Å². The van der Waals surface area contributed by atoms with Crippen LogP contribution in [0.25, 0.3) is 11.3 Å². The third-order valence-electron chi connectivity index (χ3n) is 4.50. The van der Waals surface area contributed by atoms with Crippen molar-refractivity contribution in [2.24, 2.45) is 0 Å². The molecule has 0 aliphatic carbocycles. The van der Waals surface area contributed by atoms with E-state index in [0.29, 0.717) is 39.9 Å². The molecule has 0 radical (unpaired) electrons. The minimum Gasteiger partial charge on any atom is -0.497 e. The van der Waals surface area contributed by atoms with Crippen molar-refractivity contribution < 1.29 is 23.7 Å². The zero-order valence-corrected chi connectivity index (χ0v) is 16.4. The Bertz CT molecular complexity index is 1160. The van der Waals surface area contributed by atoms with Gasteiger partial charge in [-0.2, -0.15) is 5.10 Å². The molecule has 1 amide bonds. The van der Waals surface area contributed by atoms with Crippen molar-refractivity contribution in [1.82, 2.24) is 9.78 Å². The molecule has 0 spiro atoms. The number of anilines is 1. The first kappa shape index (κ1) is 19.3. The van der Waals surface area contributed by atoms with Crippen LogP contribution in [0.3, 0.4) is 0 Å². The second-order valence-electron chi connectivity index (χ2n) is 6.40. The van der Waals surface area contributed by atoms with Gasteiger partial charge in [0.25, 0.3) is 5.56 Å². The zero-order chi connectivity index (χ0) is 21.1. The van der Waals surface area contributed by atoms with Gasteiger partial charge in [-0.25, -0.2) is 4.68 Å². The summed E-state index contributed by atoms with van der Waals surface area (Å²) in [6, 6.07) is 13.3. The predicted molar refractivity (Wildman–Crippen MR) is 108 cm³/mol. The number of hydrogen-bond donors (Lipinski definition) is 1. The topological polar surface area (TPSA) is 101 Å². The first-order valence-corrected chi connectivity index (χ1v) is 9.07. The highest BCUT2D eigenvalue weighted by molar-refractivity contribution is 5.91. The maximum atomic E-state index is 12.5. The summed E-state index contributed by atoms with van der Waals surface area (Å²) in [5.41, 5.74) is 1.24. The van der Waals surface area contributed by atoms with Crippen molar-refractivity contribution in [3.8, 4) is 34.3 Å². The third kappa shape index (κ3) is 3.90. The number of amides is 1. The second kappa shape index (κ2) is 8.16. The van der Waals surface area contributed by atoms with Crippen molar-refractivity contribution >= 4 is 11.6 Å². The van der Waals surface area contributed by atoms with Gasteiger partial charge in [-0.3, -0.25) is 9.59 Å². The first-order valence-electron chi connectivity index (χ1n) is 9.07. The third-order valence-corrected chi connectivity index (χ3v) is 4.50. The highest BCUT2D eigenvalue weighted by Crippen LogP contribution is 2.34. The quantitative estimate of drug-likeness (QED) is 0.667. The Morgan fingerprint density at radius 2 is 1.90 bits per heavy atom. The Hall–Kier alpha value is -4.01. The van der Waals surface area contributed by atoms with Gasteiger partial charge in [0.15, 0.2) is 11.5 Å². The van der Waals surface area contributed by atoms with Crippen LogP contribution in [0, 0.1) is 0 Å². The molecular formula is C21H19N3O6. The lowest BCUT2D eigenvalue weighted by atomic mass is 10.1. The molecule has 9 nitrogen and oxygen atoms in total. The van der Waals surface area contributed by atoms with Crippen LogP contribution in [0.1, 0.15) is 0 Å². The molecular weight excluding hydrogens is 390 g/mol. The summed E-state index contributed by atoms with van der Waals surface area (Å²) >= 11 is 0. The van der Waals surface area contributed by atoms with E-state index in [-0.39, 0.29) is 13.3 Å². The van der Waals surface area contributed by atoms with E-state index in [4.69, 9.17) is 18.9 Å². The summed E-state index contributed by atoms with van der Waals surface area (Å²) in [6.45, 7) is -0.111. The van der Waals surface area contributed by atoms with Gasteiger partial charge in [0.2, 0.25) is 12.7 Å². The maximum Gasteiger partial charge on any atom is 0.267 e. The van der Waals surface area contributed by atoms with Crippen LogP contribution in [-0.2, 0) is 11.3 Å². The fourth-order valence-electron chi connectivity index (χ4n) is 3.03. The van der Waals surface area contributed by atoms with Crippen molar-refractivity contribution in [1.29, 1.82) is 0 Å². The highest BCUT2D eigenvalue weighted by atomic mass is 16.7. The van der Waals surface area contributed by atoms with E-state index in [0.717, 1.165) is 4.68 Å². The van der Waals surface area contributed by atoms with Crippen molar-refractivity contribution in [3.05, 3.63) is 58.9 Å². The van der Waals surface area contributed by atoms with E-state index in [9.17, 15) is 9.59 Å². The number of nitrogens with zero attached hydrogens (tertiary/aromatic N) is 2. The Morgan fingerprint density at radius 1 is 1.07 bits per heavy atom. The molecule has 1 aliphatic heterocycles. The number of nitrogens with one attached hydrogen (secondary N) is 1. The van der Waals surface area contributed by atoms with E-state index in [1.165, 1.54) is 6.07 Å². The summed E-state index contributed by atoms with van der Waals surface area (Å²) in [6.07, 6.45) is 0. The van der Waals surface area contributed by atoms with Crippen LogP contribution >= 0.6 is 0 Å². The summed E-state index contributed by atoms with van der Waals surface area (Å²) < 4.78 is 22.3. The molecule has 0 atom stereocenters. The SMILES string of the molecule is COc1ccc(OC)c(-c2ccc(=O)n(CC(=O)Nc3ccc4c(c3)OCO4)n2)c1. The monoisotopic (exact) mass is 409 g/mol. The molecule has 0 bridgehead atoms. The number of fused-ring (bicyclic) bond motifs is 1. The summed E-state index contributed by atoms with van der Waals surface area (Å²) in [4.78, 5) is 24.7. The lowest BCUT2D eigenvalue weighted by Gasteiger charge is -2.12. The molecule has 0 fully saturated rings.